The lowest BCUT2D eigenvalue weighted by Gasteiger charge is -2.21. The predicted molar refractivity (Wildman–Crippen MR) is 102 cm³/mol. The fourth-order valence-corrected chi connectivity index (χ4v) is 4.24. The molecule has 1 aliphatic heterocycles. The molecule has 1 unspecified atom stereocenters. The van der Waals surface area contributed by atoms with Crippen molar-refractivity contribution in [3.63, 3.8) is 0 Å². The van der Waals surface area contributed by atoms with Gasteiger partial charge in [0, 0.05) is 37.3 Å². The van der Waals surface area contributed by atoms with Gasteiger partial charge in [-0.3, -0.25) is 4.90 Å². The number of benzene rings is 1. The number of halogens is 1. The summed E-state index contributed by atoms with van der Waals surface area (Å²) < 4.78 is 3.26. The van der Waals surface area contributed by atoms with E-state index in [2.05, 4.69) is 86.0 Å². The molecule has 4 rings (SSSR count). The molecule has 124 valence electrons. The van der Waals surface area contributed by atoms with Gasteiger partial charge in [-0.1, -0.05) is 30.3 Å². The van der Waals surface area contributed by atoms with Crippen LogP contribution in [-0.2, 0) is 13.1 Å². The van der Waals surface area contributed by atoms with Crippen LogP contribution in [0.2, 0.25) is 0 Å². The molecule has 3 aromatic rings. The lowest BCUT2D eigenvalue weighted by Crippen LogP contribution is -2.26. The van der Waals surface area contributed by atoms with Crippen molar-refractivity contribution in [1.29, 1.82) is 0 Å². The summed E-state index contributed by atoms with van der Waals surface area (Å²) in [5.74, 6) is 0.697. The van der Waals surface area contributed by atoms with E-state index in [1.54, 1.807) is 0 Å². The Morgan fingerprint density at radius 2 is 2.04 bits per heavy atom. The van der Waals surface area contributed by atoms with Crippen LogP contribution >= 0.6 is 15.9 Å². The largest absolute Gasteiger partial charge is 0.346 e. The molecule has 1 aliphatic rings. The third-order valence-electron chi connectivity index (χ3n) is 5.10. The monoisotopic (exact) mass is 383 g/mol. The van der Waals surface area contributed by atoms with Crippen molar-refractivity contribution in [1.82, 2.24) is 14.5 Å². The summed E-state index contributed by atoms with van der Waals surface area (Å²) in [6.07, 6.45) is 5.43. The maximum atomic E-state index is 4.39. The van der Waals surface area contributed by atoms with E-state index >= 15 is 0 Å². The molecule has 0 N–H and O–H groups in total. The first-order valence-electron chi connectivity index (χ1n) is 8.57. The van der Waals surface area contributed by atoms with Gasteiger partial charge in [-0.05, 0) is 52.9 Å². The molecule has 4 heteroatoms. The highest BCUT2D eigenvalue weighted by atomic mass is 79.9. The first-order chi connectivity index (χ1) is 11.7. The Balaban J connectivity index is 1.46. The number of hydrogen-bond acceptors (Lipinski definition) is 2. The second kappa shape index (κ2) is 6.69. The SMILES string of the molecule is C[C@H]1CC(Cn2ccc3cc(Br)ncc32)CN1Cc1ccccc1. The smallest absolute Gasteiger partial charge is 0.106 e. The molecule has 3 heterocycles. The number of aromatic nitrogens is 2. The van der Waals surface area contributed by atoms with Gasteiger partial charge in [0.15, 0.2) is 0 Å². The molecule has 3 nitrogen and oxygen atoms in total. The minimum Gasteiger partial charge on any atom is -0.346 e. The third-order valence-corrected chi connectivity index (χ3v) is 5.53. The second-order valence-electron chi connectivity index (χ2n) is 6.90. The summed E-state index contributed by atoms with van der Waals surface area (Å²) in [5.41, 5.74) is 2.64. The molecule has 0 radical (unpaired) electrons. The zero-order valence-corrected chi connectivity index (χ0v) is 15.5. The van der Waals surface area contributed by atoms with Crippen LogP contribution in [0.1, 0.15) is 18.9 Å². The molecule has 1 saturated heterocycles. The van der Waals surface area contributed by atoms with Crippen LogP contribution < -0.4 is 0 Å². The van der Waals surface area contributed by atoms with Gasteiger partial charge in [0.2, 0.25) is 0 Å². The highest BCUT2D eigenvalue weighted by molar-refractivity contribution is 9.10. The molecule has 1 fully saturated rings. The van der Waals surface area contributed by atoms with Gasteiger partial charge in [0.1, 0.15) is 4.60 Å². The number of nitrogens with zero attached hydrogens (tertiary/aromatic N) is 3. The normalized spacial score (nSPS) is 21.6. The average molecular weight is 384 g/mol. The van der Waals surface area contributed by atoms with Crippen LogP contribution in [0.25, 0.3) is 10.9 Å². The molecule has 2 aromatic heterocycles. The maximum absolute atomic E-state index is 4.39. The van der Waals surface area contributed by atoms with Crippen molar-refractivity contribution in [3.8, 4) is 0 Å². The van der Waals surface area contributed by atoms with Gasteiger partial charge >= 0.3 is 0 Å². The average Bonchev–Trinajstić information content (AvgIpc) is 3.12. The molecule has 24 heavy (non-hydrogen) atoms. The quantitative estimate of drug-likeness (QED) is 0.608. The van der Waals surface area contributed by atoms with Crippen LogP contribution in [0.4, 0.5) is 0 Å². The zero-order valence-electron chi connectivity index (χ0n) is 13.9. The van der Waals surface area contributed by atoms with E-state index in [1.165, 1.54) is 29.4 Å². The number of pyridine rings is 1. The fourth-order valence-electron chi connectivity index (χ4n) is 3.89. The second-order valence-corrected chi connectivity index (χ2v) is 7.71. The van der Waals surface area contributed by atoms with Crippen molar-refractivity contribution in [2.24, 2.45) is 5.92 Å². The zero-order chi connectivity index (χ0) is 16.5. The highest BCUT2D eigenvalue weighted by Gasteiger charge is 2.29. The van der Waals surface area contributed by atoms with Gasteiger partial charge < -0.3 is 4.57 Å². The summed E-state index contributed by atoms with van der Waals surface area (Å²) in [7, 11) is 0. The number of fused-ring (bicyclic) bond motifs is 1. The molecule has 2 atom stereocenters. The highest BCUT2D eigenvalue weighted by Crippen LogP contribution is 2.28. The van der Waals surface area contributed by atoms with Crippen molar-refractivity contribution in [2.75, 3.05) is 6.54 Å². The molecular formula is C20H22BrN3. The minimum absolute atomic E-state index is 0.643. The number of likely N-dealkylation sites (tertiary alicyclic amines) is 1. The van der Waals surface area contributed by atoms with Gasteiger partial charge in [-0.2, -0.15) is 0 Å². The van der Waals surface area contributed by atoms with Crippen molar-refractivity contribution in [2.45, 2.75) is 32.5 Å². The topological polar surface area (TPSA) is 21.1 Å². The lowest BCUT2D eigenvalue weighted by molar-refractivity contribution is 0.253. The summed E-state index contributed by atoms with van der Waals surface area (Å²) in [6.45, 7) is 5.65. The van der Waals surface area contributed by atoms with Crippen LogP contribution in [0.15, 0.2) is 59.5 Å². The van der Waals surface area contributed by atoms with Gasteiger partial charge in [0.05, 0.1) is 11.7 Å². The van der Waals surface area contributed by atoms with Crippen LogP contribution in [0.5, 0.6) is 0 Å². The lowest BCUT2D eigenvalue weighted by atomic mass is 10.1. The van der Waals surface area contributed by atoms with Gasteiger partial charge in [0.25, 0.3) is 0 Å². The summed E-state index contributed by atoms with van der Waals surface area (Å²) in [6, 6.07) is 15.7. The first-order valence-corrected chi connectivity index (χ1v) is 9.37. The molecule has 1 aromatic carbocycles. The molecule has 0 bridgehead atoms. The Kier molecular flexibility index (Phi) is 4.42. The van der Waals surface area contributed by atoms with Crippen LogP contribution in [-0.4, -0.2) is 27.0 Å². The van der Waals surface area contributed by atoms with Crippen LogP contribution in [0.3, 0.4) is 0 Å². The molecular weight excluding hydrogens is 362 g/mol. The van der Waals surface area contributed by atoms with Crippen molar-refractivity contribution < 1.29 is 0 Å². The van der Waals surface area contributed by atoms with Crippen molar-refractivity contribution >= 4 is 26.8 Å². The predicted octanol–water partition coefficient (Wildman–Crippen LogP) is 4.71. The van der Waals surface area contributed by atoms with E-state index < -0.39 is 0 Å². The molecule has 0 saturated carbocycles. The Labute approximate surface area is 151 Å². The standard InChI is InChI=1S/C20H22BrN3/c1-15-9-17(14-24(15)12-16-5-3-2-4-6-16)13-23-8-7-18-10-20(21)22-11-19(18)23/h2-8,10-11,15,17H,9,12-14H2,1H3/t15-,17?/m0/s1. The van der Waals surface area contributed by atoms with Crippen molar-refractivity contribution in [3.05, 3.63) is 65.0 Å². The molecule has 0 spiro atoms. The fraction of sp³-hybridized carbons (Fsp3) is 0.350. The molecule has 0 aliphatic carbocycles. The van der Waals surface area contributed by atoms with E-state index in [0.717, 1.165) is 17.7 Å². The van der Waals surface area contributed by atoms with E-state index in [-0.39, 0.29) is 0 Å². The maximum Gasteiger partial charge on any atom is 0.106 e. The number of hydrogen-bond donors (Lipinski definition) is 0. The Bertz CT molecular complexity index is 827. The molecule has 0 amide bonds. The van der Waals surface area contributed by atoms with E-state index in [9.17, 15) is 0 Å². The van der Waals surface area contributed by atoms with E-state index in [0.29, 0.717) is 12.0 Å². The Morgan fingerprint density at radius 1 is 1.21 bits per heavy atom. The Hall–Kier alpha value is -1.65. The van der Waals surface area contributed by atoms with Gasteiger partial charge in [-0.15, -0.1) is 0 Å². The minimum atomic E-state index is 0.643. The number of rotatable bonds is 4. The van der Waals surface area contributed by atoms with E-state index in [1.807, 2.05) is 6.20 Å². The summed E-state index contributed by atoms with van der Waals surface area (Å²) in [5, 5.41) is 1.25. The van der Waals surface area contributed by atoms with Crippen LogP contribution in [0, 0.1) is 5.92 Å². The summed E-state index contributed by atoms with van der Waals surface area (Å²) in [4.78, 5) is 7.00. The third kappa shape index (κ3) is 3.26. The van der Waals surface area contributed by atoms with E-state index in [4.69, 9.17) is 0 Å². The van der Waals surface area contributed by atoms with Gasteiger partial charge in [-0.25, -0.2) is 4.98 Å². The summed E-state index contributed by atoms with van der Waals surface area (Å²) >= 11 is 3.45. The first kappa shape index (κ1) is 15.9. The Morgan fingerprint density at radius 3 is 2.88 bits per heavy atom.